The highest BCUT2D eigenvalue weighted by molar-refractivity contribution is 5.92. The fraction of sp³-hybridized carbons (Fsp3) is 0.333. The number of pyridine rings is 1. The second-order valence-corrected chi connectivity index (χ2v) is 6.45. The molecule has 1 amide bonds. The maximum Gasteiger partial charge on any atom is 0.270 e. The molecule has 0 spiro atoms. The van der Waals surface area contributed by atoms with Gasteiger partial charge in [0.1, 0.15) is 5.69 Å². The van der Waals surface area contributed by atoms with Gasteiger partial charge in [0.2, 0.25) is 0 Å². The molecule has 22 heavy (non-hydrogen) atoms. The fourth-order valence-electron chi connectivity index (χ4n) is 2.10. The highest BCUT2D eigenvalue weighted by Crippen LogP contribution is 2.15. The molecule has 116 valence electrons. The first-order chi connectivity index (χ1) is 10.3. The molecule has 1 aromatic carbocycles. The lowest BCUT2D eigenvalue weighted by molar-refractivity contribution is 0.0914. The predicted molar refractivity (Wildman–Crippen MR) is 90.0 cm³/mol. The molecule has 0 bridgehead atoms. The number of carbonyl (C=O) groups is 1. The van der Waals surface area contributed by atoms with E-state index >= 15 is 0 Å². The molecule has 4 nitrogen and oxygen atoms in total. The Morgan fingerprint density at radius 1 is 1.14 bits per heavy atom. The molecule has 0 aliphatic heterocycles. The quantitative estimate of drug-likeness (QED) is 0.942. The number of rotatable bonds is 4. The number of nitrogens with one attached hydrogen (secondary N) is 1. The van der Waals surface area contributed by atoms with Gasteiger partial charge in [-0.2, -0.15) is 0 Å². The number of anilines is 1. The van der Waals surface area contributed by atoms with Gasteiger partial charge in [-0.3, -0.25) is 4.79 Å². The molecule has 1 heterocycles. The summed E-state index contributed by atoms with van der Waals surface area (Å²) in [7, 11) is 2.01. The van der Waals surface area contributed by atoms with Gasteiger partial charge in [0.15, 0.2) is 0 Å². The van der Waals surface area contributed by atoms with Crippen LogP contribution in [0.15, 0.2) is 48.7 Å². The van der Waals surface area contributed by atoms with Crippen LogP contribution in [0.5, 0.6) is 0 Å². The van der Waals surface area contributed by atoms with Gasteiger partial charge >= 0.3 is 0 Å². The molecular formula is C18H23N3O. The Balaban J connectivity index is 2.04. The lowest BCUT2D eigenvalue weighted by Gasteiger charge is -2.21. The molecule has 0 saturated carbocycles. The molecule has 0 fully saturated rings. The average Bonchev–Trinajstić information content (AvgIpc) is 2.46. The first-order valence-corrected chi connectivity index (χ1v) is 7.39. The third-order valence-corrected chi connectivity index (χ3v) is 3.17. The Kier molecular flexibility index (Phi) is 4.81. The van der Waals surface area contributed by atoms with Gasteiger partial charge in [0, 0.05) is 19.1 Å². The van der Waals surface area contributed by atoms with Gasteiger partial charge in [0.05, 0.1) is 11.9 Å². The van der Waals surface area contributed by atoms with Gasteiger partial charge < -0.3 is 10.2 Å². The van der Waals surface area contributed by atoms with E-state index in [-0.39, 0.29) is 11.4 Å². The Bertz CT molecular complexity index is 615. The summed E-state index contributed by atoms with van der Waals surface area (Å²) in [5.41, 5.74) is 2.39. The molecule has 1 aromatic heterocycles. The fourth-order valence-corrected chi connectivity index (χ4v) is 2.10. The van der Waals surface area contributed by atoms with Gasteiger partial charge in [-0.1, -0.05) is 30.3 Å². The first-order valence-electron chi connectivity index (χ1n) is 7.39. The number of hydrogen-bond donors (Lipinski definition) is 1. The maximum absolute atomic E-state index is 12.0. The van der Waals surface area contributed by atoms with Crippen LogP contribution in [0, 0.1) is 0 Å². The summed E-state index contributed by atoms with van der Waals surface area (Å²) in [6.45, 7) is 6.66. The Morgan fingerprint density at radius 2 is 1.82 bits per heavy atom. The largest absolute Gasteiger partial charge is 0.369 e. The molecule has 0 saturated heterocycles. The van der Waals surface area contributed by atoms with Crippen molar-refractivity contribution in [1.82, 2.24) is 10.3 Å². The predicted octanol–water partition coefficient (Wildman–Crippen LogP) is 3.25. The van der Waals surface area contributed by atoms with E-state index in [4.69, 9.17) is 0 Å². The van der Waals surface area contributed by atoms with Crippen molar-refractivity contribution in [3.63, 3.8) is 0 Å². The minimum absolute atomic E-state index is 0.148. The van der Waals surface area contributed by atoms with E-state index in [0.29, 0.717) is 5.69 Å². The van der Waals surface area contributed by atoms with E-state index < -0.39 is 0 Å². The van der Waals surface area contributed by atoms with Gasteiger partial charge in [-0.05, 0) is 38.5 Å². The van der Waals surface area contributed by atoms with Crippen LogP contribution in [0.3, 0.4) is 0 Å². The van der Waals surface area contributed by atoms with Crippen LogP contribution in [0.2, 0.25) is 0 Å². The summed E-state index contributed by atoms with van der Waals surface area (Å²) in [5.74, 6) is -0.148. The van der Waals surface area contributed by atoms with E-state index in [1.807, 2.05) is 52.1 Å². The van der Waals surface area contributed by atoms with Crippen LogP contribution in [0.4, 0.5) is 5.69 Å². The van der Waals surface area contributed by atoms with Crippen LogP contribution in [0.1, 0.15) is 36.8 Å². The molecule has 0 unspecified atom stereocenters. The highest BCUT2D eigenvalue weighted by Gasteiger charge is 2.16. The number of nitrogens with zero attached hydrogens (tertiary/aromatic N) is 2. The van der Waals surface area contributed by atoms with Crippen molar-refractivity contribution >= 4 is 11.6 Å². The first kappa shape index (κ1) is 16.0. The third kappa shape index (κ3) is 4.58. The van der Waals surface area contributed by atoms with Gasteiger partial charge in [-0.15, -0.1) is 0 Å². The molecule has 2 rings (SSSR count). The topological polar surface area (TPSA) is 45.2 Å². The van der Waals surface area contributed by atoms with Crippen molar-refractivity contribution in [3.8, 4) is 0 Å². The molecule has 4 heteroatoms. The Morgan fingerprint density at radius 3 is 2.36 bits per heavy atom. The summed E-state index contributed by atoms with van der Waals surface area (Å²) in [5, 5.41) is 2.91. The monoisotopic (exact) mass is 297 g/mol. The number of amides is 1. The SMILES string of the molecule is CN(Cc1ccccc1)c1ccc(C(=O)NC(C)(C)C)nc1. The van der Waals surface area contributed by atoms with Crippen LogP contribution >= 0.6 is 0 Å². The van der Waals surface area contributed by atoms with Crippen molar-refractivity contribution in [2.45, 2.75) is 32.9 Å². The van der Waals surface area contributed by atoms with Crippen molar-refractivity contribution in [2.75, 3.05) is 11.9 Å². The highest BCUT2D eigenvalue weighted by atomic mass is 16.2. The molecule has 0 aliphatic carbocycles. The number of benzene rings is 1. The van der Waals surface area contributed by atoms with Crippen molar-refractivity contribution in [2.24, 2.45) is 0 Å². The van der Waals surface area contributed by atoms with E-state index in [0.717, 1.165) is 12.2 Å². The van der Waals surface area contributed by atoms with Crippen LogP contribution in [-0.4, -0.2) is 23.5 Å². The summed E-state index contributed by atoms with van der Waals surface area (Å²) in [6.07, 6.45) is 1.74. The van der Waals surface area contributed by atoms with E-state index in [9.17, 15) is 4.79 Å². The molecular weight excluding hydrogens is 274 g/mol. The molecule has 0 aliphatic rings. The van der Waals surface area contributed by atoms with E-state index in [1.165, 1.54) is 5.56 Å². The molecule has 0 radical (unpaired) electrons. The zero-order valence-electron chi connectivity index (χ0n) is 13.6. The second-order valence-electron chi connectivity index (χ2n) is 6.45. The second kappa shape index (κ2) is 6.60. The number of carbonyl (C=O) groups excluding carboxylic acids is 1. The average molecular weight is 297 g/mol. The lowest BCUT2D eigenvalue weighted by atomic mass is 10.1. The summed E-state index contributed by atoms with van der Waals surface area (Å²) in [4.78, 5) is 18.4. The molecule has 0 atom stereocenters. The van der Waals surface area contributed by atoms with Crippen molar-refractivity contribution in [1.29, 1.82) is 0 Å². The maximum atomic E-state index is 12.0. The number of aromatic nitrogens is 1. The van der Waals surface area contributed by atoms with Crippen molar-refractivity contribution < 1.29 is 4.79 Å². The Labute approximate surface area is 132 Å². The molecule has 2 aromatic rings. The zero-order valence-corrected chi connectivity index (χ0v) is 13.6. The standard InChI is InChI=1S/C18H23N3O/c1-18(2,3)20-17(22)16-11-10-15(12-19-16)21(4)13-14-8-6-5-7-9-14/h5-12H,13H2,1-4H3,(H,20,22). The van der Waals surface area contributed by atoms with Crippen LogP contribution < -0.4 is 10.2 Å². The smallest absolute Gasteiger partial charge is 0.270 e. The minimum atomic E-state index is -0.262. The van der Waals surface area contributed by atoms with Gasteiger partial charge in [-0.25, -0.2) is 4.98 Å². The third-order valence-electron chi connectivity index (χ3n) is 3.17. The summed E-state index contributed by atoms with van der Waals surface area (Å²) in [6, 6.07) is 13.9. The van der Waals surface area contributed by atoms with Crippen LogP contribution in [0.25, 0.3) is 0 Å². The van der Waals surface area contributed by atoms with E-state index in [2.05, 4.69) is 27.3 Å². The van der Waals surface area contributed by atoms with Crippen LogP contribution in [-0.2, 0) is 6.54 Å². The Hall–Kier alpha value is -2.36. The van der Waals surface area contributed by atoms with Crippen molar-refractivity contribution in [3.05, 3.63) is 59.9 Å². The normalized spacial score (nSPS) is 11.1. The molecule has 1 N–H and O–H groups in total. The summed E-state index contributed by atoms with van der Waals surface area (Å²) < 4.78 is 0. The lowest BCUT2D eigenvalue weighted by Crippen LogP contribution is -2.40. The van der Waals surface area contributed by atoms with Gasteiger partial charge in [0.25, 0.3) is 5.91 Å². The minimum Gasteiger partial charge on any atom is -0.369 e. The van der Waals surface area contributed by atoms with E-state index in [1.54, 1.807) is 12.3 Å². The zero-order chi connectivity index (χ0) is 16.2. The summed E-state index contributed by atoms with van der Waals surface area (Å²) >= 11 is 0. The number of hydrogen-bond acceptors (Lipinski definition) is 3.